The van der Waals surface area contributed by atoms with Gasteiger partial charge in [0, 0.05) is 6.54 Å². The van der Waals surface area contributed by atoms with Crippen LogP contribution in [0.5, 0.6) is 0 Å². The molecule has 0 bridgehead atoms. The highest BCUT2D eigenvalue weighted by Gasteiger charge is 2.36. The number of amides is 1. The van der Waals surface area contributed by atoms with Gasteiger partial charge in [0.2, 0.25) is 5.91 Å². The summed E-state index contributed by atoms with van der Waals surface area (Å²) in [5, 5.41) is 6.61. The van der Waals surface area contributed by atoms with Gasteiger partial charge in [0.25, 0.3) is 0 Å². The van der Waals surface area contributed by atoms with Crippen molar-refractivity contribution >= 4 is 5.91 Å². The first kappa shape index (κ1) is 12.7. The Balaban J connectivity index is 1.71. The van der Waals surface area contributed by atoms with Crippen LogP contribution in [0, 0.1) is 5.41 Å². The molecule has 1 aromatic rings. The van der Waals surface area contributed by atoms with Crippen LogP contribution in [0.25, 0.3) is 0 Å². The Labute approximate surface area is 114 Å². The largest absolute Gasteiger partial charge is 0.349 e. The number of piperidine rings is 1. The molecule has 102 valence electrons. The Morgan fingerprint density at radius 1 is 1.42 bits per heavy atom. The summed E-state index contributed by atoms with van der Waals surface area (Å²) in [7, 11) is 0. The Kier molecular flexibility index (Phi) is 3.31. The number of rotatable bonds is 2. The number of carbonyl (C=O) groups is 1. The third-order valence-electron chi connectivity index (χ3n) is 4.58. The molecule has 0 aromatic heterocycles. The van der Waals surface area contributed by atoms with Crippen LogP contribution in [0.2, 0.25) is 0 Å². The van der Waals surface area contributed by atoms with Crippen LogP contribution in [0.1, 0.15) is 43.4 Å². The van der Waals surface area contributed by atoms with Crippen molar-refractivity contribution in [2.24, 2.45) is 5.41 Å². The molecule has 2 unspecified atom stereocenters. The molecule has 1 amide bonds. The molecule has 2 N–H and O–H groups in total. The quantitative estimate of drug-likeness (QED) is 0.853. The van der Waals surface area contributed by atoms with E-state index >= 15 is 0 Å². The lowest BCUT2D eigenvalue weighted by Crippen LogP contribution is -2.49. The Bertz CT molecular complexity index is 477. The summed E-state index contributed by atoms with van der Waals surface area (Å²) in [5.74, 6) is 0.210. The number of fused-ring (bicyclic) bond motifs is 1. The lowest BCUT2D eigenvalue weighted by atomic mass is 9.81. The van der Waals surface area contributed by atoms with Crippen LogP contribution in [0.4, 0.5) is 0 Å². The van der Waals surface area contributed by atoms with E-state index in [0.717, 1.165) is 38.8 Å². The third kappa shape index (κ3) is 2.39. The number of nitrogens with one attached hydrogen (secondary N) is 2. The van der Waals surface area contributed by atoms with Crippen molar-refractivity contribution in [2.75, 3.05) is 13.1 Å². The molecule has 1 heterocycles. The zero-order chi connectivity index (χ0) is 13.3. The summed E-state index contributed by atoms with van der Waals surface area (Å²) in [6, 6.07) is 8.67. The smallest absolute Gasteiger partial charge is 0.227 e. The van der Waals surface area contributed by atoms with Crippen LogP contribution >= 0.6 is 0 Å². The van der Waals surface area contributed by atoms with Crippen LogP contribution in [0.3, 0.4) is 0 Å². The molecule has 19 heavy (non-hydrogen) atoms. The predicted molar refractivity (Wildman–Crippen MR) is 75.9 cm³/mol. The van der Waals surface area contributed by atoms with Gasteiger partial charge in [-0.15, -0.1) is 0 Å². The Hall–Kier alpha value is -1.35. The monoisotopic (exact) mass is 258 g/mol. The van der Waals surface area contributed by atoms with E-state index in [9.17, 15) is 4.79 Å². The van der Waals surface area contributed by atoms with E-state index in [1.54, 1.807) is 0 Å². The van der Waals surface area contributed by atoms with Crippen molar-refractivity contribution in [3.8, 4) is 0 Å². The molecule has 1 saturated heterocycles. The molecule has 1 aliphatic carbocycles. The highest BCUT2D eigenvalue weighted by atomic mass is 16.2. The molecular weight excluding hydrogens is 236 g/mol. The van der Waals surface area contributed by atoms with Crippen molar-refractivity contribution in [2.45, 2.75) is 38.6 Å². The molecule has 3 heteroatoms. The Morgan fingerprint density at radius 2 is 2.26 bits per heavy atom. The normalized spacial score (nSPS) is 29.8. The minimum atomic E-state index is -0.240. The summed E-state index contributed by atoms with van der Waals surface area (Å²) >= 11 is 0. The summed E-state index contributed by atoms with van der Waals surface area (Å²) < 4.78 is 0. The maximum absolute atomic E-state index is 12.5. The zero-order valence-corrected chi connectivity index (χ0v) is 11.5. The highest BCUT2D eigenvalue weighted by molar-refractivity contribution is 5.83. The first-order chi connectivity index (χ1) is 9.19. The van der Waals surface area contributed by atoms with Crippen LogP contribution < -0.4 is 10.6 Å². The molecule has 1 aromatic carbocycles. The lowest BCUT2D eigenvalue weighted by molar-refractivity contribution is -0.131. The van der Waals surface area contributed by atoms with Crippen molar-refractivity contribution in [1.29, 1.82) is 0 Å². The Morgan fingerprint density at radius 3 is 3.05 bits per heavy atom. The van der Waals surface area contributed by atoms with Gasteiger partial charge in [-0.1, -0.05) is 24.3 Å². The van der Waals surface area contributed by atoms with Crippen LogP contribution in [0.15, 0.2) is 24.3 Å². The van der Waals surface area contributed by atoms with E-state index in [-0.39, 0.29) is 17.4 Å². The van der Waals surface area contributed by atoms with Crippen molar-refractivity contribution in [1.82, 2.24) is 10.6 Å². The van der Waals surface area contributed by atoms with Gasteiger partial charge < -0.3 is 10.6 Å². The summed E-state index contributed by atoms with van der Waals surface area (Å²) in [4.78, 5) is 12.5. The fraction of sp³-hybridized carbons (Fsp3) is 0.562. The molecule has 1 aliphatic heterocycles. The van der Waals surface area contributed by atoms with Gasteiger partial charge in [-0.25, -0.2) is 0 Å². The maximum Gasteiger partial charge on any atom is 0.227 e. The maximum atomic E-state index is 12.5. The van der Waals surface area contributed by atoms with Gasteiger partial charge in [-0.05, 0) is 50.3 Å². The molecule has 3 rings (SSSR count). The zero-order valence-electron chi connectivity index (χ0n) is 11.5. The molecule has 2 aliphatic rings. The highest BCUT2D eigenvalue weighted by Crippen LogP contribution is 2.33. The van der Waals surface area contributed by atoms with E-state index in [4.69, 9.17) is 0 Å². The molecule has 0 saturated carbocycles. The second kappa shape index (κ2) is 4.97. The van der Waals surface area contributed by atoms with E-state index in [1.165, 1.54) is 11.1 Å². The van der Waals surface area contributed by atoms with E-state index in [2.05, 4.69) is 41.8 Å². The average Bonchev–Trinajstić information content (AvgIpc) is 2.83. The molecule has 1 fully saturated rings. The van der Waals surface area contributed by atoms with Crippen molar-refractivity contribution in [3.05, 3.63) is 35.4 Å². The number of benzene rings is 1. The fourth-order valence-electron chi connectivity index (χ4n) is 3.29. The number of aryl methyl sites for hydroxylation is 1. The number of hydrogen-bond donors (Lipinski definition) is 2. The minimum absolute atomic E-state index is 0.210. The van der Waals surface area contributed by atoms with E-state index < -0.39 is 0 Å². The van der Waals surface area contributed by atoms with Gasteiger partial charge >= 0.3 is 0 Å². The van der Waals surface area contributed by atoms with Gasteiger partial charge in [0.15, 0.2) is 0 Å². The standard InChI is InChI=1S/C16H22N2O/c1-16(9-4-10-17-11-16)15(19)18-14-8-7-12-5-2-3-6-13(12)14/h2-3,5-6,14,17H,4,7-11H2,1H3,(H,18,19). The molecular formula is C16H22N2O. The molecule has 3 nitrogen and oxygen atoms in total. The van der Waals surface area contributed by atoms with Crippen molar-refractivity contribution < 1.29 is 4.79 Å². The second-order valence-corrected chi connectivity index (χ2v) is 6.10. The number of carbonyl (C=O) groups excluding carboxylic acids is 1. The van der Waals surface area contributed by atoms with Gasteiger partial charge in [-0.2, -0.15) is 0 Å². The fourth-order valence-corrected chi connectivity index (χ4v) is 3.29. The first-order valence-corrected chi connectivity index (χ1v) is 7.28. The van der Waals surface area contributed by atoms with E-state index in [1.807, 2.05) is 0 Å². The lowest BCUT2D eigenvalue weighted by Gasteiger charge is -2.33. The summed E-state index contributed by atoms with van der Waals surface area (Å²) in [5.41, 5.74) is 2.46. The molecule has 0 spiro atoms. The summed E-state index contributed by atoms with van der Waals surface area (Å²) in [6.45, 7) is 3.91. The minimum Gasteiger partial charge on any atom is -0.349 e. The first-order valence-electron chi connectivity index (χ1n) is 7.28. The van der Waals surface area contributed by atoms with Gasteiger partial charge in [0.1, 0.15) is 0 Å². The SMILES string of the molecule is CC1(C(=O)NC2CCc3ccccc32)CCCNC1. The van der Waals surface area contributed by atoms with Crippen LogP contribution in [-0.4, -0.2) is 19.0 Å². The third-order valence-corrected chi connectivity index (χ3v) is 4.58. The summed E-state index contributed by atoms with van der Waals surface area (Å²) in [6.07, 6.45) is 4.19. The predicted octanol–water partition coefficient (Wildman–Crippen LogP) is 2.18. The van der Waals surface area contributed by atoms with Gasteiger partial charge in [-0.3, -0.25) is 4.79 Å². The second-order valence-electron chi connectivity index (χ2n) is 6.10. The molecule has 2 atom stereocenters. The van der Waals surface area contributed by atoms with Gasteiger partial charge in [0.05, 0.1) is 11.5 Å². The topological polar surface area (TPSA) is 41.1 Å². The average molecular weight is 258 g/mol. The van der Waals surface area contributed by atoms with Crippen LogP contribution in [-0.2, 0) is 11.2 Å². The number of hydrogen-bond acceptors (Lipinski definition) is 2. The van der Waals surface area contributed by atoms with E-state index in [0.29, 0.717) is 0 Å². The molecule has 0 radical (unpaired) electrons. The van der Waals surface area contributed by atoms with Crippen molar-refractivity contribution in [3.63, 3.8) is 0 Å².